The molecule has 0 amide bonds. The summed E-state index contributed by atoms with van der Waals surface area (Å²) < 4.78 is 16.5. The van der Waals surface area contributed by atoms with Gasteiger partial charge in [-0.1, -0.05) is 6.07 Å². The second-order valence-electron chi connectivity index (χ2n) is 5.52. The normalized spacial score (nSPS) is 21.3. The Labute approximate surface area is 126 Å². The van der Waals surface area contributed by atoms with E-state index in [1.807, 2.05) is 18.2 Å². The molecule has 1 N–H and O–H groups in total. The van der Waals surface area contributed by atoms with Crippen LogP contribution in [0.15, 0.2) is 18.2 Å². The summed E-state index contributed by atoms with van der Waals surface area (Å²) in [5.41, 5.74) is 0.651. The van der Waals surface area contributed by atoms with Crippen LogP contribution in [0.1, 0.15) is 25.5 Å². The summed E-state index contributed by atoms with van der Waals surface area (Å²) in [5.74, 6) is 1.24. The first kappa shape index (κ1) is 16.1. The second kappa shape index (κ2) is 7.11. The van der Waals surface area contributed by atoms with Gasteiger partial charge in [0.25, 0.3) is 0 Å². The Morgan fingerprint density at radius 2 is 1.86 bits per heavy atom. The van der Waals surface area contributed by atoms with E-state index < -0.39 is 6.10 Å². The van der Waals surface area contributed by atoms with Crippen LogP contribution in [0, 0.1) is 0 Å². The van der Waals surface area contributed by atoms with Crippen molar-refractivity contribution in [3.05, 3.63) is 23.8 Å². The number of rotatable bonds is 5. The second-order valence-corrected chi connectivity index (χ2v) is 5.52. The summed E-state index contributed by atoms with van der Waals surface area (Å²) in [4.78, 5) is 2.30. The van der Waals surface area contributed by atoms with Crippen LogP contribution >= 0.6 is 0 Å². The molecule has 1 aliphatic rings. The van der Waals surface area contributed by atoms with Crippen molar-refractivity contribution in [2.75, 3.05) is 33.9 Å². The van der Waals surface area contributed by atoms with Crippen LogP contribution in [0.4, 0.5) is 0 Å². The maximum absolute atomic E-state index is 10.8. The number of aliphatic hydroxyl groups excluding tert-OH is 1. The Kier molecular flexibility index (Phi) is 5.45. The number of nitrogens with zero attached hydrogens (tertiary/aromatic N) is 1. The van der Waals surface area contributed by atoms with Crippen molar-refractivity contribution in [3.8, 4) is 11.5 Å². The molecule has 0 saturated carbocycles. The minimum absolute atomic E-state index is 0.286. The molecule has 0 bridgehead atoms. The highest BCUT2D eigenvalue weighted by molar-refractivity contribution is 5.46. The number of ether oxygens (including phenoxy) is 3. The van der Waals surface area contributed by atoms with E-state index in [0.717, 1.165) is 6.54 Å². The van der Waals surface area contributed by atoms with Gasteiger partial charge in [0.15, 0.2) is 0 Å². The van der Waals surface area contributed by atoms with Crippen LogP contribution in [-0.2, 0) is 4.74 Å². The zero-order chi connectivity index (χ0) is 15.4. The van der Waals surface area contributed by atoms with Crippen LogP contribution in [0.5, 0.6) is 11.5 Å². The summed E-state index contributed by atoms with van der Waals surface area (Å²) in [6.45, 7) is 6.51. The summed E-state index contributed by atoms with van der Waals surface area (Å²) in [6.07, 6.45) is -1.07. The van der Waals surface area contributed by atoms with E-state index in [0.29, 0.717) is 36.3 Å². The van der Waals surface area contributed by atoms with Gasteiger partial charge in [0.05, 0.1) is 26.4 Å². The van der Waals surface area contributed by atoms with E-state index >= 15 is 0 Å². The molecule has 5 nitrogen and oxygen atoms in total. The molecule has 2 atom stereocenters. The van der Waals surface area contributed by atoms with Crippen LogP contribution < -0.4 is 9.47 Å². The van der Waals surface area contributed by atoms with Crippen LogP contribution in [0.3, 0.4) is 0 Å². The highest BCUT2D eigenvalue weighted by atomic mass is 16.5. The molecule has 2 unspecified atom stereocenters. The standard InChI is InChI=1S/C16H25NO4/c1-11(2)17-8-9-21-14(10-17)16(18)15-12(19-3)6-5-7-13(15)20-4/h5-7,11,14,16,18H,8-10H2,1-4H3. The molecule has 1 aromatic rings. The van der Waals surface area contributed by atoms with E-state index in [-0.39, 0.29) is 6.10 Å². The quantitative estimate of drug-likeness (QED) is 0.898. The van der Waals surface area contributed by atoms with Crippen molar-refractivity contribution in [2.45, 2.75) is 32.1 Å². The molecule has 5 heteroatoms. The Morgan fingerprint density at radius 1 is 1.24 bits per heavy atom. The average molecular weight is 295 g/mol. The van der Waals surface area contributed by atoms with Crippen LogP contribution in [-0.4, -0.2) is 56.1 Å². The number of methoxy groups -OCH3 is 2. The molecule has 1 fully saturated rings. The van der Waals surface area contributed by atoms with Gasteiger partial charge in [0.1, 0.15) is 23.7 Å². The van der Waals surface area contributed by atoms with E-state index in [2.05, 4.69) is 18.7 Å². The van der Waals surface area contributed by atoms with Crippen molar-refractivity contribution in [1.82, 2.24) is 4.90 Å². The third-order valence-corrected chi connectivity index (χ3v) is 3.97. The highest BCUT2D eigenvalue weighted by Crippen LogP contribution is 2.37. The first-order valence-electron chi connectivity index (χ1n) is 7.33. The molecular weight excluding hydrogens is 270 g/mol. The third kappa shape index (κ3) is 3.48. The maximum Gasteiger partial charge on any atom is 0.128 e. The van der Waals surface area contributed by atoms with E-state index in [1.165, 1.54) is 0 Å². The number of aliphatic hydroxyl groups is 1. The van der Waals surface area contributed by atoms with Crippen molar-refractivity contribution in [3.63, 3.8) is 0 Å². The molecule has 0 spiro atoms. The summed E-state index contributed by atoms with van der Waals surface area (Å²) in [5, 5.41) is 10.8. The molecule has 1 heterocycles. The first-order chi connectivity index (χ1) is 10.1. The van der Waals surface area contributed by atoms with Crippen LogP contribution in [0.25, 0.3) is 0 Å². The summed E-state index contributed by atoms with van der Waals surface area (Å²) >= 11 is 0. The number of hydrogen-bond donors (Lipinski definition) is 1. The predicted molar refractivity (Wildman–Crippen MR) is 81.0 cm³/mol. The molecule has 118 valence electrons. The largest absolute Gasteiger partial charge is 0.496 e. The minimum Gasteiger partial charge on any atom is -0.496 e. The van der Waals surface area contributed by atoms with Gasteiger partial charge in [-0.3, -0.25) is 4.90 Å². The van der Waals surface area contributed by atoms with Gasteiger partial charge >= 0.3 is 0 Å². The molecule has 0 aliphatic carbocycles. The number of morpholine rings is 1. The van der Waals surface area contributed by atoms with Gasteiger partial charge in [0, 0.05) is 19.1 Å². The van der Waals surface area contributed by atoms with Gasteiger partial charge in [-0.15, -0.1) is 0 Å². The lowest BCUT2D eigenvalue weighted by molar-refractivity contribution is -0.0970. The SMILES string of the molecule is COc1cccc(OC)c1C(O)C1CN(C(C)C)CCO1. The lowest BCUT2D eigenvalue weighted by Gasteiger charge is -2.37. The zero-order valence-electron chi connectivity index (χ0n) is 13.2. The Bertz CT molecular complexity index is 441. The summed E-state index contributed by atoms with van der Waals surface area (Å²) in [6, 6.07) is 5.92. The van der Waals surface area contributed by atoms with E-state index in [1.54, 1.807) is 14.2 Å². The molecule has 1 saturated heterocycles. The Balaban J connectivity index is 2.25. The van der Waals surface area contributed by atoms with Gasteiger partial charge < -0.3 is 19.3 Å². The first-order valence-corrected chi connectivity index (χ1v) is 7.33. The van der Waals surface area contributed by atoms with Crippen molar-refractivity contribution < 1.29 is 19.3 Å². The minimum atomic E-state index is -0.780. The van der Waals surface area contributed by atoms with Crippen molar-refractivity contribution in [2.24, 2.45) is 0 Å². The maximum atomic E-state index is 10.8. The van der Waals surface area contributed by atoms with E-state index in [9.17, 15) is 5.11 Å². The van der Waals surface area contributed by atoms with Gasteiger partial charge in [-0.25, -0.2) is 0 Å². The fraction of sp³-hybridized carbons (Fsp3) is 0.625. The lowest BCUT2D eigenvalue weighted by atomic mass is 10.00. The van der Waals surface area contributed by atoms with Crippen molar-refractivity contribution >= 4 is 0 Å². The topological polar surface area (TPSA) is 51.2 Å². The molecular formula is C16H25NO4. The molecule has 21 heavy (non-hydrogen) atoms. The van der Waals surface area contributed by atoms with E-state index in [4.69, 9.17) is 14.2 Å². The number of benzene rings is 1. The predicted octanol–water partition coefficient (Wildman–Crippen LogP) is 1.85. The average Bonchev–Trinajstić information content (AvgIpc) is 2.53. The summed E-state index contributed by atoms with van der Waals surface area (Å²) in [7, 11) is 3.18. The molecule has 0 radical (unpaired) electrons. The fourth-order valence-corrected chi connectivity index (χ4v) is 2.71. The molecule has 1 aliphatic heterocycles. The van der Waals surface area contributed by atoms with Crippen LogP contribution in [0.2, 0.25) is 0 Å². The highest BCUT2D eigenvalue weighted by Gasteiger charge is 2.32. The fourth-order valence-electron chi connectivity index (χ4n) is 2.71. The Morgan fingerprint density at radius 3 is 2.38 bits per heavy atom. The third-order valence-electron chi connectivity index (χ3n) is 3.97. The molecule has 2 rings (SSSR count). The molecule has 1 aromatic carbocycles. The van der Waals surface area contributed by atoms with Gasteiger partial charge in [-0.05, 0) is 26.0 Å². The monoisotopic (exact) mass is 295 g/mol. The Hall–Kier alpha value is -1.30. The van der Waals surface area contributed by atoms with Gasteiger partial charge in [0.2, 0.25) is 0 Å². The zero-order valence-corrected chi connectivity index (χ0v) is 13.2. The number of hydrogen-bond acceptors (Lipinski definition) is 5. The van der Waals surface area contributed by atoms with Crippen molar-refractivity contribution in [1.29, 1.82) is 0 Å². The lowest BCUT2D eigenvalue weighted by Crippen LogP contribution is -2.47. The smallest absolute Gasteiger partial charge is 0.128 e. The molecule has 0 aromatic heterocycles. The van der Waals surface area contributed by atoms with Gasteiger partial charge in [-0.2, -0.15) is 0 Å².